The fraction of sp³-hybridized carbons (Fsp3) is 0.571. The van der Waals surface area contributed by atoms with E-state index >= 15 is 0 Å². The fourth-order valence-corrected chi connectivity index (χ4v) is 2.64. The summed E-state index contributed by atoms with van der Waals surface area (Å²) >= 11 is 5.92. The molecule has 1 unspecified atom stereocenters. The van der Waals surface area contributed by atoms with Crippen molar-refractivity contribution < 1.29 is 5.11 Å². The minimum Gasteiger partial charge on any atom is -0.396 e. The molecule has 2 rings (SSSR count). The van der Waals surface area contributed by atoms with Gasteiger partial charge in [0, 0.05) is 29.4 Å². The lowest BCUT2D eigenvalue weighted by atomic mass is 9.84. The van der Waals surface area contributed by atoms with Gasteiger partial charge in [0.05, 0.1) is 0 Å². The van der Waals surface area contributed by atoms with Crippen LogP contribution < -0.4 is 4.90 Å². The smallest absolute Gasteiger partial charge is 0.0476 e. The highest BCUT2D eigenvalue weighted by Crippen LogP contribution is 2.35. The second-order valence-corrected chi connectivity index (χ2v) is 5.92. The number of hydrogen-bond acceptors (Lipinski definition) is 2. The van der Waals surface area contributed by atoms with Gasteiger partial charge in [0.25, 0.3) is 0 Å². The molecule has 0 saturated carbocycles. The van der Waals surface area contributed by atoms with Crippen molar-refractivity contribution >= 4 is 17.3 Å². The molecule has 1 aliphatic rings. The molecule has 1 aromatic carbocycles. The van der Waals surface area contributed by atoms with Crippen molar-refractivity contribution in [2.75, 3.05) is 18.1 Å². The van der Waals surface area contributed by atoms with Gasteiger partial charge in [-0.2, -0.15) is 0 Å². The van der Waals surface area contributed by atoms with Crippen molar-refractivity contribution in [3.05, 3.63) is 29.3 Å². The molecule has 0 spiro atoms. The van der Waals surface area contributed by atoms with Gasteiger partial charge < -0.3 is 10.0 Å². The lowest BCUT2D eigenvalue weighted by Crippen LogP contribution is -2.51. The van der Waals surface area contributed by atoms with E-state index in [1.165, 1.54) is 5.69 Å². The standard InChI is InChI=1S/C14H20ClNO/c1-14(2)8-7-11(10-17)9-16(14)13-5-3-12(15)4-6-13/h3-6,11,17H,7-10H2,1-2H3. The molecule has 1 saturated heterocycles. The highest BCUT2D eigenvalue weighted by atomic mass is 35.5. The van der Waals surface area contributed by atoms with Gasteiger partial charge in [-0.3, -0.25) is 0 Å². The summed E-state index contributed by atoms with van der Waals surface area (Å²) in [4.78, 5) is 2.38. The zero-order chi connectivity index (χ0) is 12.5. The lowest BCUT2D eigenvalue weighted by Gasteiger charge is -2.47. The van der Waals surface area contributed by atoms with Gasteiger partial charge in [0.1, 0.15) is 0 Å². The van der Waals surface area contributed by atoms with E-state index < -0.39 is 0 Å². The summed E-state index contributed by atoms with van der Waals surface area (Å²) < 4.78 is 0. The van der Waals surface area contributed by atoms with Crippen LogP contribution in [0.2, 0.25) is 5.02 Å². The summed E-state index contributed by atoms with van der Waals surface area (Å²) in [5.74, 6) is 0.388. The van der Waals surface area contributed by atoms with Gasteiger partial charge in [0.2, 0.25) is 0 Å². The van der Waals surface area contributed by atoms with Gasteiger partial charge in [-0.1, -0.05) is 11.6 Å². The molecule has 1 aliphatic heterocycles. The molecule has 0 bridgehead atoms. The molecule has 2 nitrogen and oxygen atoms in total. The number of anilines is 1. The Kier molecular flexibility index (Phi) is 3.64. The van der Waals surface area contributed by atoms with E-state index in [-0.39, 0.29) is 12.1 Å². The summed E-state index contributed by atoms with van der Waals surface area (Å²) in [5.41, 5.74) is 1.34. The lowest BCUT2D eigenvalue weighted by molar-refractivity contribution is 0.181. The van der Waals surface area contributed by atoms with E-state index in [2.05, 4.69) is 30.9 Å². The monoisotopic (exact) mass is 253 g/mol. The molecule has 0 radical (unpaired) electrons. The maximum absolute atomic E-state index is 9.32. The summed E-state index contributed by atoms with van der Waals surface area (Å²) in [5, 5.41) is 10.1. The number of aliphatic hydroxyl groups excluding tert-OH is 1. The van der Waals surface area contributed by atoms with Crippen LogP contribution in [0.4, 0.5) is 5.69 Å². The van der Waals surface area contributed by atoms with E-state index in [1.54, 1.807) is 0 Å². The minimum atomic E-state index is 0.152. The van der Waals surface area contributed by atoms with Crippen molar-refractivity contribution in [3.8, 4) is 0 Å². The van der Waals surface area contributed by atoms with Gasteiger partial charge in [-0.05, 0) is 56.9 Å². The first-order valence-corrected chi connectivity index (χ1v) is 6.55. The molecule has 94 valence electrons. The van der Waals surface area contributed by atoms with Crippen LogP contribution in [0.1, 0.15) is 26.7 Å². The van der Waals surface area contributed by atoms with Crippen molar-refractivity contribution in [3.63, 3.8) is 0 Å². The first kappa shape index (κ1) is 12.7. The number of halogens is 1. The zero-order valence-corrected chi connectivity index (χ0v) is 11.2. The Hall–Kier alpha value is -0.730. The minimum absolute atomic E-state index is 0.152. The van der Waals surface area contributed by atoms with Crippen LogP contribution in [0.3, 0.4) is 0 Å². The average Bonchev–Trinajstić information content (AvgIpc) is 2.30. The SMILES string of the molecule is CC1(C)CCC(CO)CN1c1ccc(Cl)cc1. The quantitative estimate of drug-likeness (QED) is 0.874. The third-order valence-corrected chi connectivity index (χ3v) is 3.98. The Morgan fingerprint density at radius 3 is 2.59 bits per heavy atom. The highest BCUT2D eigenvalue weighted by molar-refractivity contribution is 6.30. The summed E-state index contributed by atoms with van der Waals surface area (Å²) in [6.07, 6.45) is 2.22. The predicted octanol–water partition coefficient (Wildman–Crippen LogP) is 3.33. The molecule has 1 atom stereocenters. The maximum atomic E-state index is 9.32. The molecule has 0 aromatic heterocycles. The first-order chi connectivity index (χ1) is 8.03. The maximum Gasteiger partial charge on any atom is 0.0476 e. The van der Waals surface area contributed by atoms with Crippen LogP contribution >= 0.6 is 11.6 Å². The molecule has 1 aromatic rings. The highest BCUT2D eigenvalue weighted by Gasteiger charge is 2.33. The van der Waals surface area contributed by atoms with Crippen molar-refractivity contribution in [2.45, 2.75) is 32.2 Å². The molecule has 1 heterocycles. The topological polar surface area (TPSA) is 23.5 Å². The van der Waals surface area contributed by atoms with Crippen LogP contribution in [-0.4, -0.2) is 23.8 Å². The van der Waals surface area contributed by atoms with Gasteiger partial charge >= 0.3 is 0 Å². The van der Waals surface area contributed by atoms with Gasteiger partial charge in [0.15, 0.2) is 0 Å². The third-order valence-electron chi connectivity index (χ3n) is 3.73. The van der Waals surface area contributed by atoms with Gasteiger partial charge in [-0.15, -0.1) is 0 Å². The van der Waals surface area contributed by atoms with Crippen LogP contribution in [0.5, 0.6) is 0 Å². The molecule has 0 amide bonds. The van der Waals surface area contributed by atoms with Gasteiger partial charge in [-0.25, -0.2) is 0 Å². The fourth-order valence-electron chi connectivity index (χ4n) is 2.51. The molecule has 0 aliphatic carbocycles. The second kappa shape index (κ2) is 4.87. The average molecular weight is 254 g/mol. The molecule has 3 heteroatoms. The summed E-state index contributed by atoms with van der Waals surface area (Å²) in [7, 11) is 0. The Labute approximate surface area is 108 Å². The van der Waals surface area contributed by atoms with Crippen LogP contribution in [-0.2, 0) is 0 Å². The van der Waals surface area contributed by atoms with Crippen molar-refractivity contribution in [1.82, 2.24) is 0 Å². The number of aliphatic hydroxyl groups is 1. The Bertz CT molecular complexity index is 374. The van der Waals surface area contributed by atoms with E-state index in [9.17, 15) is 5.11 Å². The first-order valence-electron chi connectivity index (χ1n) is 6.17. The Balaban J connectivity index is 2.23. The molecule has 1 N–H and O–H groups in total. The Morgan fingerprint density at radius 1 is 1.35 bits per heavy atom. The number of rotatable bonds is 2. The van der Waals surface area contributed by atoms with E-state index in [0.717, 1.165) is 24.4 Å². The number of benzene rings is 1. The summed E-state index contributed by atoms with van der Waals surface area (Å²) in [6, 6.07) is 7.97. The molecule has 17 heavy (non-hydrogen) atoms. The number of nitrogens with zero attached hydrogens (tertiary/aromatic N) is 1. The number of piperidine rings is 1. The van der Waals surface area contributed by atoms with Crippen molar-refractivity contribution in [1.29, 1.82) is 0 Å². The summed E-state index contributed by atoms with van der Waals surface area (Å²) in [6.45, 7) is 5.72. The third kappa shape index (κ3) is 2.75. The van der Waals surface area contributed by atoms with Crippen LogP contribution in [0, 0.1) is 5.92 Å². The molecule has 1 fully saturated rings. The molecular formula is C14H20ClNO. The van der Waals surface area contributed by atoms with Crippen LogP contribution in [0.15, 0.2) is 24.3 Å². The normalized spacial score (nSPS) is 23.8. The van der Waals surface area contributed by atoms with Crippen LogP contribution in [0.25, 0.3) is 0 Å². The van der Waals surface area contributed by atoms with Crippen molar-refractivity contribution in [2.24, 2.45) is 5.92 Å². The Morgan fingerprint density at radius 2 is 2.00 bits per heavy atom. The number of hydrogen-bond donors (Lipinski definition) is 1. The largest absolute Gasteiger partial charge is 0.396 e. The predicted molar refractivity (Wildman–Crippen MR) is 72.7 cm³/mol. The van der Waals surface area contributed by atoms with E-state index in [4.69, 9.17) is 11.6 Å². The second-order valence-electron chi connectivity index (χ2n) is 5.49. The molecular weight excluding hydrogens is 234 g/mol. The van der Waals surface area contributed by atoms with E-state index in [0.29, 0.717) is 5.92 Å². The van der Waals surface area contributed by atoms with E-state index in [1.807, 2.05) is 12.1 Å². The zero-order valence-electron chi connectivity index (χ0n) is 10.5.